The number of primary amides is 1. The first kappa shape index (κ1) is 14.1. The van der Waals surface area contributed by atoms with Gasteiger partial charge in [0, 0.05) is 18.7 Å². The predicted octanol–water partition coefficient (Wildman–Crippen LogP) is 2.13. The van der Waals surface area contributed by atoms with Crippen LogP contribution in [0.25, 0.3) is 0 Å². The van der Waals surface area contributed by atoms with Crippen LogP contribution in [0.1, 0.15) is 11.1 Å². The van der Waals surface area contributed by atoms with Crippen LogP contribution in [-0.4, -0.2) is 22.9 Å². The third-order valence-corrected chi connectivity index (χ3v) is 3.86. The maximum Gasteiger partial charge on any atom is 0.322 e. The first-order chi connectivity index (χ1) is 10.6. The zero-order valence-electron chi connectivity index (χ0n) is 12.0. The standard InChI is InChI=1S/C17H17N3O2/c18-16(21)15-10-12-6-4-5-7-13(12)11-20(15)17(22)19-14-8-2-1-3-9-14/h1-9,15H,10-11H2,(H2,18,21)(H,19,22)/t15-/m0/s1. The van der Waals surface area contributed by atoms with Crippen LogP contribution in [0.4, 0.5) is 10.5 Å². The highest BCUT2D eigenvalue weighted by molar-refractivity contribution is 5.93. The second-order valence-corrected chi connectivity index (χ2v) is 5.32. The van der Waals surface area contributed by atoms with Gasteiger partial charge in [-0.15, -0.1) is 0 Å². The van der Waals surface area contributed by atoms with Gasteiger partial charge in [0.15, 0.2) is 0 Å². The molecule has 1 aliphatic rings. The van der Waals surface area contributed by atoms with E-state index in [9.17, 15) is 9.59 Å². The van der Waals surface area contributed by atoms with Gasteiger partial charge in [0.2, 0.25) is 5.91 Å². The summed E-state index contributed by atoms with van der Waals surface area (Å²) in [6.45, 7) is 0.377. The molecule has 3 N–H and O–H groups in total. The number of urea groups is 1. The summed E-state index contributed by atoms with van der Waals surface area (Å²) in [6, 6.07) is 16.0. The summed E-state index contributed by atoms with van der Waals surface area (Å²) in [6.07, 6.45) is 0.452. The third-order valence-electron chi connectivity index (χ3n) is 3.86. The fraction of sp³-hybridized carbons (Fsp3) is 0.176. The fourth-order valence-electron chi connectivity index (χ4n) is 2.71. The lowest BCUT2D eigenvalue weighted by molar-refractivity contribution is -0.122. The molecule has 2 aromatic carbocycles. The lowest BCUT2D eigenvalue weighted by Crippen LogP contribution is -2.52. The number of nitrogens with one attached hydrogen (secondary N) is 1. The minimum Gasteiger partial charge on any atom is -0.368 e. The van der Waals surface area contributed by atoms with E-state index in [1.165, 1.54) is 4.90 Å². The summed E-state index contributed by atoms with van der Waals surface area (Å²) in [5.41, 5.74) is 8.28. The minimum absolute atomic E-state index is 0.315. The molecule has 3 amide bonds. The van der Waals surface area contributed by atoms with E-state index in [4.69, 9.17) is 5.73 Å². The van der Waals surface area contributed by atoms with Gasteiger partial charge >= 0.3 is 6.03 Å². The van der Waals surface area contributed by atoms with Crippen LogP contribution in [0.3, 0.4) is 0 Å². The predicted molar refractivity (Wildman–Crippen MR) is 84.1 cm³/mol. The van der Waals surface area contributed by atoms with Crippen molar-refractivity contribution >= 4 is 17.6 Å². The van der Waals surface area contributed by atoms with Gasteiger partial charge in [-0.2, -0.15) is 0 Å². The minimum atomic E-state index is -0.626. The number of amides is 3. The van der Waals surface area contributed by atoms with Gasteiger partial charge in [-0.3, -0.25) is 4.79 Å². The van der Waals surface area contributed by atoms with Gasteiger partial charge in [-0.05, 0) is 23.3 Å². The largest absolute Gasteiger partial charge is 0.368 e. The maximum absolute atomic E-state index is 12.5. The molecular weight excluding hydrogens is 278 g/mol. The van der Waals surface area contributed by atoms with Crippen molar-refractivity contribution in [2.45, 2.75) is 19.0 Å². The SMILES string of the molecule is NC(=O)[C@@H]1Cc2ccccc2CN1C(=O)Nc1ccccc1. The quantitative estimate of drug-likeness (QED) is 0.890. The highest BCUT2D eigenvalue weighted by atomic mass is 16.2. The zero-order valence-corrected chi connectivity index (χ0v) is 12.0. The van der Waals surface area contributed by atoms with E-state index >= 15 is 0 Å². The molecule has 0 unspecified atom stereocenters. The molecule has 3 rings (SSSR count). The van der Waals surface area contributed by atoms with Crippen LogP contribution >= 0.6 is 0 Å². The molecular formula is C17H17N3O2. The Labute approximate surface area is 128 Å². The summed E-state index contributed by atoms with van der Waals surface area (Å²) in [7, 11) is 0. The second-order valence-electron chi connectivity index (χ2n) is 5.32. The van der Waals surface area contributed by atoms with Crippen LogP contribution in [-0.2, 0) is 17.8 Å². The summed E-state index contributed by atoms with van der Waals surface area (Å²) in [5, 5.41) is 2.81. The molecule has 22 heavy (non-hydrogen) atoms. The molecule has 0 radical (unpaired) electrons. The highest BCUT2D eigenvalue weighted by Crippen LogP contribution is 2.24. The van der Waals surface area contributed by atoms with Gasteiger partial charge in [0.05, 0.1) is 0 Å². The van der Waals surface area contributed by atoms with Crippen molar-refractivity contribution in [1.82, 2.24) is 4.90 Å². The number of hydrogen-bond donors (Lipinski definition) is 2. The summed E-state index contributed by atoms with van der Waals surface area (Å²) < 4.78 is 0. The van der Waals surface area contributed by atoms with E-state index in [1.807, 2.05) is 42.5 Å². The molecule has 5 heteroatoms. The molecule has 112 valence electrons. The average Bonchev–Trinajstić information content (AvgIpc) is 2.54. The molecule has 0 fully saturated rings. The molecule has 0 spiro atoms. The molecule has 0 saturated heterocycles. The van der Waals surface area contributed by atoms with Crippen molar-refractivity contribution in [1.29, 1.82) is 0 Å². The second kappa shape index (κ2) is 5.89. The molecule has 2 aromatic rings. The maximum atomic E-state index is 12.5. The Morgan fingerprint density at radius 1 is 1.00 bits per heavy atom. The number of fused-ring (bicyclic) bond motifs is 1. The molecule has 5 nitrogen and oxygen atoms in total. The van der Waals surface area contributed by atoms with Crippen molar-refractivity contribution in [2.24, 2.45) is 5.73 Å². The highest BCUT2D eigenvalue weighted by Gasteiger charge is 2.33. The van der Waals surface area contributed by atoms with Gasteiger partial charge in [-0.1, -0.05) is 42.5 Å². The van der Waals surface area contributed by atoms with Gasteiger partial charge < -0.3 is 16.0 Å². The number of nitrogens with zero attached hydrogens (tertiary/aromatic N) is 1. The Morgan fingerprint density at radius 3 is 2.32 bits per heavy atom. The number of hydrogen-bond acceptors (Lipinski definition) is 2. The normalized spacial score (nSPS) is 16.7. The van der Waals surface area contributed by atoms with E-state index in [2.05, 4.69) is 5.32 Å². The zero-order chi connectivity index (χ0) is 15.5. The molecule has 1 heterocycles. The van der Waals surface area contributed by atoms with Crippen molar-refractivity contribution in [3.8, 4) is 0 Å². The van der Waals surface area contributed by atoms with Crippen LogP contribution in [0.2, 0.25) is 0 Å². The van der Waals surface area contributed by atoms with E-state index in [-0.39, 0.29) is 6.03 Å². The molecule has 0 bridgehead atoms. The van der Waals surface area contributed by atoms with Crippen LogP contribution in [0.15, 0.2) is 54.6 Å². The van der Waals surface area contributed by atoms with Crippen LogP contribution < -0.4 is 11.1 Å². The monoisotopic (exact) mass is 295 g/mol. The smallest absolute Gasteiger partial charge is 0.322 e. The molecule has 0 saturated carbocycles. The number of para-hydroxylation sites is 1. The lowest BCUT2D eigenvalue weighted by Gasteiger charge is -2.35. The molecule has 1 atom stereocenters. The van der Waals surface area contributed by atoms with E-state index in [0.717, 1.165) is 11.1 Å². The lowest BCUT2D eigenvalue weighted by atomic mass is 9.94. The Balaban J connectivity index is 1.84. The van der Waals surface area contributed by atoms with E-state index < -0.39 is 11.9 Å². The fourth-order valence-corrected chi connectivity index (χ4v) is 2.71. The number of carbonyl (C=O) groups excluding carboxylic acids is 2. The Hall–Kier alpha value is -2.82. The average molecular weight is 295 g/mol. The van der Waals surface area contributed by atoms with Crippen molar-refractivity contribution in [3.63, 3.8) is 0 Å². The Kier molecular flexibility index (Phi) is 3.78. The number of nitrogens with two attached hydrogens (primary N) is 1. The summed E-state index contributed by atoms with van der Waals surface area (Å²) in [5.74, 6) is -0.488. The van der Waals surface area contributed by atoms with Gasteiger partial charge in [0.1, 0.15) is 6.04 Å². The number of carbonyl (C=O) groups is 2. The van der Waals surface area contributed by atoms with Crippen molar-refractivity contribution < 1.29 is 9.59 Å². The first-order valence-corrected chi connectivity index (χ1v) is 7.14. The molecule has 0 aliphatic carbocycles. The summed E-state index contributed by atoms with van der Waals surface area (Å²) >= 11 is 0. The molecule has 0 aromatic heterocycles. The van der Waals surface area contributed by atoms with Crippen LogP contribution in [0, 0.1) is 0 Å². The third kappa shape index (κ3) is 2.79. The topological polar surface area (TPSA) is 75.4 Å². The van der Waals surface area contributed by atoms with Crippen molar-refractivity contribution in [3.05, 3.63) is 65.7 Å². The first-order valence-electron chi connectivity index (χ1n) is 7.14. The summed E-state index contributed by atoms with van der Waals surface area (Å²) in [4.78, 5) is 25.7. The van der Waals surface area contributed by atoms with Crippen LogP contribution in [0.5, 0.6) is 0 Å². The molecule has 1 aliphatic heterocycles. The van der Waals surface area contributed by atoms with E-state index in [1.54, 1.807) is 12.1 Å². The Bertz CT molecular complexity index is 700. The number of benzene rings is 2. The van der Waals surface area contributed by atoms with E-state index in [0.29, 0.717) is 18.7 Å². The Morgan fingerprint density at radius 2 is 1.64 bits per heavy atom. The van der Waals surface area contributed by atoms with Crippen molar-refractivity contribution in [2.75, 3.05) is 5.32 Å². The van der Waals surface area contributed by atoms with Gasteiger partial charge in [-0.25, -0.2) is 4.79 Å². The number of rotatable bonds is 2. The number of anilines is 1. The van der Waals surface area contributed by atoms with Gasteiger partial charge in [0.25, 0.3) is 0 Å².